The number of carbonyl (C=O) groups excluding carboxylic acids is 1. The second-order valence-electron chi connectivity index (χ2n) is 6.32. The molecular weight excluding hydrogens is 354 g/mol. The number of aliphatic carboxylic acids is 2. The van der Waals surface area contributed by atoms with E-state index in [1.54, 1.807) is 14.2 Å². The third kappa shape index (κ3) is 6.56. The number of Topliss-reactive ketones (excluding diaryl/α,β-unsaturated/α-hetero) is 1. The van der Waals surface area contributed by atoms with Crippen molar-refractivity contribution in [3.8, 4) is 11.5 Å². The third-order valence-electron chi connectivity index (χ3n) is 4.80. The quantitative estimate of drug-likeness (QED) is 0.741. The van der Waals surface area contributed by atoms with E-state index in [0.29, 0.717) is 18.2 Å². The summed E-state index contributed by atoms with van der Waals surface area (Å²) in [5, 5.41) is 14.8. The largest absolute Gasteiger partial charge is 0.497 e. The monoisotopic (exact) mass is 381 g/mol. The van der Waals surface area contributed by atoms with Crippen LogP contribution in [0, 0.1) is 5.92 Å². The highest BCUT2D eigenvalue weighted by Crippen LogP contribution is 2.26. The van der Waals surface area contributed by atoms with Crippen LogP contribution in [0.1, 0.15) is 25.8 Å². The maximum atomic E-state index is 11.7. The molecule has 27 heavy (non-hydrogen) atoms. The van der Waals surface area contributed by atoms with Gasteiger partial charge in [-0.1, -0.05) is 13.0 Å². The van der Waals surface area contributed by atoms with Gasteiger partial charge in [-0.2, -0.15) is 0 Å². The van der Waals surface area contributed by atoms with Crippen LogP contribution >= 0.6 is 0 Å². The van der Waals surface area contributed by atoms with Crippen LogP contribution in [-0.2, 0) is 20.8 Å². The number of benzene rings is 1. The van der Waals surface area contributed by atoms with E-state index >= 15 is 0 Å². The Balaban J connectivity index is 0.000000527. The molecule has 0 bridgehead atoms. The zero-order valence-corrected chi connectivity index (χ0v) is 16.1. The molecule has 0 radical (unpaired) electrons. The number of nitrogens with zero attached hydrogens (tertiary/aromatic N) is 1. The molecule has 8 heteroatoms. The van der Waals surface area contributed by atoms with Crippen LogP contribution < -0.4 is 9.47 Å². The second kappa shape index (κ2) is 10.5. The van der Waals surface area contributed by atoms with Crippen molar-refractivity contribution in [1.29, 1.82) is 0 Å². The summed E-state index contributed by atoms with van der Waals surface area (Å²) in [6.45, 7) is 5.99. The number of carbonyl (C=O) groups is 3. The van der Waals surface area contributed by atoms with Crippen LogP contribution in [0.3, 0.4) is 0 Å². The van der Waals surface area contributed by atoms with E-state index < -0.39 is 11.9 Å². The molecule has 0 aromatic heterocycles. The van der Waals surface area contributed by atoms with Gasteiger partial charge in [-0.3, -0.25) is 9.69 Å². The maximum absolute atomic E-state index is 11.7. The van der Waals surface area contributed by atoms with E-state index in [1.165, 1.54) is 5.56 Å². The Labute approximate surface area is 158 Å². The molecule has 1 aliphatic rings. The lowest BCUT2D eigenvalue weighted by Crippen LogP contribution is -2.47. The number of carboxylic acids is 2. The topological polar surface area (TPSA) is 113 Å². The first kappa shape index (κ1) is 22.4. The van der Waals surface area contributed by atoms with Crippen molar-refractivity contribution < 1.29 is 34.1 Å². The van der Waals surface area contributed by atoms with Gasteiger partial charge in [0.2, 0.25) is 0 Å². The molecule has 1 aliphatic heterocycles. The molecular formula is C19H27NO7. The Morgan fingerprint density at radius 3 is 2.30 bits per heavy atom. The van der Waals surface area contributed by atoms with Gasteiger partial charge in [-0.15, -0.1) is 0 Å². The summed E-state index contributed by atoms with van der Waals surface area (Å²) in [5.41, 5.74) is 1.18. The Kier molecular flexibility index (Phi) is 8.74. The molecule has 2 rings (SSSR count). The first-order chi connectivity index (χ1) is 12.7. The first-order valence-electron chi connectivity index (χ1n) is 8.65. The summed E-state index contributed by atoms with van der Waals surface area (Å²) in [4.78, 5) is 32.3. The fourth-order valence-electron chi connectivity index (χ4n) is 2.91. The van der Waals surface area contributed by atoms with Crippen LogP contribution in [-0.4, -0.2) is 66.2 Å². The molecule has 0 saturated carbocycles. The van der Waals surface area contributed by atoms with E-state index in [1.807, 2.05) is 19.1 Å². The van der Waals surface area contributed by atoms with Gasteiger partial charge in [0, 0.05) is 37.5 Å². The number of carboxylic acid groups (broad SMARTS) is 2. The molecule has 1 aromatic rings. The van der Waals surface area contributed by atoms with Gasteiger partial charge in [0.1, 0.15) is 17.3 Å². The Hall–Kier alpha value is -2.61. The Morgan fingerprint density at radius 1 is 1.15 bits per heavy atom. The van der Waals surface area contributed by atoms with Crippen molar-refractivity contribution in [2.24, 2.45) is 5.92 Å². The summed E-state index contributed by atoms with van der Waals surface area (Å²) >= 11 is 0. The molecule has 2 unspecified atom stereocenters. The molecule has 0 amide bonds. The van der Waals surface area contributed by atoms with Gasteiger partial charge in [0.15, 0.2) is 0 Å². The van der Waals surface area contributed by atoms with Crippen molar-refractivity contribution in [3.05, 3.63) is 23.8 Å². The molecule has 150 valence electrons. The van der Waals surface area contributed by atoms with E-state index in [2.05, 4.69) is 17.9 Å². The van der Waals surface area contributed by atoms with E-state index in [-0.39, 0.29) is 5.92 Å². The lowest BCUT2D eigenvalue weighted by molar-refractivity contribution is -0.159. The first-order valence-corrected chi connectivity index (χ1v) is 8.65. The molecule has 2 atom stereocenters. The maximum Gasteiger partial charge on any atom is 0.414 e. The highest BCUT2D eigenvalue weighted by atomic mass is 16.5. The second-order valence-corrected chi connectivity index (χ2v) is 6.32. The third-order valence-corrected chi connectivity index (χ3v) is 4.80. The average Bonchev–Trinajstić information content (AvgIpc) is 2.65. The highest BCUT2D eigenvalue weighted by molar-refractivity contribution is 6.27. The molecule has 1 saturated heterocycles. The number of hydrogen-bond donors (Lipinski definition) is 2. The van der Waals surface area contributed by atoms with Crippen LogP contribution in [0.15, 0.2) is 18.2 Å². The molecule has 1 fully saturated rings. The van der Waals surface area contributed by atoms with E-state index in [0.717, 1.165) is 31.0 Å². The van der Waals surface area contributed by atoms with Crippen LogP contribution in [0.4, 0.5) is 0 Å². The molecule has 1 heterocycles. The fraction of sp³-hybridized carbons (Fsp3) is 0.526. The minimum Gasteiger partial charge on any atom is -0.497 e. The minimum absolute atomic E-state index is 0.136. The zero-order chi connectivity index (χ0) is 20.6. The molecule has 8 nitrogen and oxygen atoms in total. The summed E-state index contributed by atoms with van der Waals surface area (Å²) in [6, 6.07) is 6.25. The minimum atomic E-state index is -1.82. The molecule has 2 N–H and O–H groups in total. The van der Waals surface area contributed by atoms with Gasteiger partial charge in [0.25, 0.3) is 0 Å². The summed E-state index contributed by atoms with van der Waals surface area (Å²) in [6.07, 6.45) is 1.59. The van der Waals surface area contributed by atoms with Crippen molar-refractivity contribution >= 4 is 17.7 Å². The number of likely N-dealkylation sites (tertiary alicyclic amines) is 1. The number of methoxy groups -OCH3 is 2. The lowest BCUT2D eigenvalue weighted by atomic mass is 9.90. The van der Waals surface area contributed by atoms with Crippen molar-refractivity contribution in [2.45, 2.75) is 32.7 Å². The SMILES string of the molecule is COc1ccc(CCN2CCC(=O)C(C)C2C)c(OC)c1.O=C(O)C(=O)O. The van der Waals surface area contributed by atoms with Gasteiger partial charge >= 0.3 is 11.9 Å². The zero-order valence-electron chi connectivity index (χ0n) is 16.1. The standard InChI is InChI=1S/C17H25NO3.C2H2O4/c1-12-13(2)18(10-8-16(12)19)9-7-14-5-6-15(20-3)11-17(14)21-4;3-1(4)2(5)6/h5-6,11-13H,7-10H2,1-4H3;(H,3,4)(H,5,6). The Bertz CT molecular complexity index is 662. The predicted molar refractivity (Wildman–Crippen MR) is 98.3 cm³/mol. The van der Waals surface area contributed by atoms with Crippen LogP contribution in [0.25, 0.3) is 0 Å². The smallest absolute Gasteiger partial charge is 0.414 e. The van der Waals surface area contributed by atoms with Gasteiger partial charge < -0.3 is 19.7 Å². The summed E-state index contributed by atoms with van der Waals surface area (Å²) in [5.74, 6) is -1.45. The normalized spacial score (nSPS) is 19.6. The van der Waals surface area contributed by atoms with E-state index in [4.69, 9.17) is 29.3 Å². The van der Waals surface area contributed by atoms with E-state index in [9.17, 15) is 4.79 Å². The lowest BCUT2D eigenvalue weighted by Gasteiger charge is -2.37. The summed E-state index contributed by atoms with van der Waals surface area (Å²) < 4.78 is 10.7. The number of ether oxygens (including phenoxy) is 2. The Morgan fingerprint density at radius 2 is 1.78 bits per heavy atom. The number of rotatable bonds is 5. The summed E-state index contributed by atoms with van der Waals surface area (Å²) in [7, 11) is 3.34. The van der Waals surface area contributed by atoms with Crippen molar-refractivity contribution in [1.82, 2.24) is 4.90 Å². The van der Waals surface area contributed by atoms with Crippen molar-refractivity contribution in [3.63, 3.8) is 0 Å². The number of hydrogen-bond acceptors (Lipinski definition) is 6. The van der Waals surface area contributed by atoms with Gasteiger partial charge in [-0.25, -0.2) is 9.59 Å². The number of piperidine rings is 1. The van der Waals surface area contributed by atoms with Gasteiger partial charge in [0.05, 0.1) is 14.2 Å². The molecule has 0 aliphatic carbocycles. The molecule has 1 aromatic carbocycles. The van der Waals surface area contributed by atoms with Gasteiger partial charge in [-0.05, 0) is 25.0 Å². The number of ketones is 1. The molecule has 0 spiro atoms. The van der Waals surface area contributed by atoms with Crippen LogP contribution in [0.2, 0.25) is 0 Å². The average molecular weight is 381 g/mol. The highest BCUT2D eigenvalue weighted by Gasteiger charge is 2.30. The fourth-order valence-corrected chi connectivity index (χ4v) is 2.91. The van der Waals surface area contributed by atoms with Crippen LogP contribution in [0.5, 0.6) is 11.5 Å². The predicted octanol–water partition coefficient (Wildman–Crippen LogP) is 1.70. The van der Waals surface area contributed by atoms with Crippen molar-refractivity contribution in [2.75, 3.05) is 27.3 Å².